The molecule has 0 fully saturated rings. The van der Waals surface area contributed by atoms with Crippen LogP contribution in [0.15, 0.2) is 34.8 Å². The van der Waals surface area contributed by atoms with Gasteiger partial charge in [-0.15, -0.1) is 11.3 Å². The molecule has 0 unspecified atom stereocenters. The molecule has 1 N–H and O–H groups in total. The van der Waals surface area contributed by atoms with Gasteiger partial charge in [0.05, 0.1) is 4.70 Å². The number of hydrogen-bond acceptors (Lipinski definition) is 3. The SMILES string of the molecule is C=C(Br)CNc1nccc2ccsc12. The molecule has 2 heterocycles. The summed E-state index contributed by atoms with van der Waals surface area (Å²) in [5.74, 6) is 0.929. The summed E-state index contributed by atoms with van der Waals surface area (Å²) in [5.41, 5.74) is 0. The second-order valence-electron chi connectivity index (χ2n) is 2.87. The lowest BCUT2D eigenvalue weighted by molar-refractivity contribution is 1.25. The van der Waals surface area contributed by atoms with Crippen LogP contribution in [0.1, 0.15) is 0 Å². The van der Waals surface area contributed by atoms with Gasteiger partial charge < -0.3 is 5.32 Å². The second-order valence-corrected chi connectivity index (χ2v) is 4.91. The van der Waals surface area contributed by atoms with E-state index in [1.165, 1.54) is 10.1 Å². The van der Waals surface area contributed by atoms with Crippen LogP contribution in [0, 0.1) is 0 Å². The molecule has 0 amide bonds. The molecule has 0 aromatic carbocycles. The third kappa shape index (κ3) is 1.96. The summed E-state index contributed by atoms with van der Waals surface area (Å²) in [7, 11) is 0. The second kappa shape index (κ2) is 4.11. The summed E-state index contributed by atoms with van der Waals surface area (Å²) in [5, 5.41) is 6.53. The topological polar surface area (TPSA) is 24.9 Å². The highest BCUT2D eigenvalue weighted by molar-refractivity contribution is 9.11. The Hall–Kier alpha value is -0.870. The number of aromatic nitrogens is 1. The quantitative estimate of drug-likeness (QED) is 0.920. The molecule has 0 atom stereocenters. The van der Waals surface area contributed by atoms with Gasteiger partial charge in [-0.05, 0) is 22.9 Å². The molecule has 0 aliphatic rings. The molecule has 0 radical (unpaired) electrons. The smallest absolute Gasteiger partial charge is 0.144 e. The Balaban J connectivity index is 2.32. The first kappa shape index (κ1) is 9.68. The number of nitrogens with zero attached hydrogens (tertiary/aromatic N) is 1. The first-order chi connectivity index (χ1) is 6.77. The van der Waals surface area contributed by atoms with Crippen LogP contribution in [0.5, 0.6) is 0 Å². The van der Waals surface area contributed by atoms with Crippen molar-refractivity contribution in [2.75, 3.05) is 11.9 Å². The summed E-state index contributed by atoms with van der Waals surface area (Å²) >= 11 is 5.00. The maximum atomic E-state index is 4.29. The predicted octanol–water partition coefficient (Wildman–Crippen LogP) is 3.62. The lowest BCUT2D eigenvalue weighted by atomic mass is 10.3. The van der Waals surface area contributed by atoms with E-state index in [1.807, 2.05) is 12.3 Å². The first-order valence-electron chi connectivity index (χ1n) is 4.17. The van der Waals surface area contributed by atoms with Crippen molar-refractivity contribution < 1.29 is 0 Å². The van der Waals surface area contributed by atoms with Gasteiger partial charge in [-0.3, -0.25) is 0 Å². The predicted molar refractivity (Wildman–Crippen MR) is 66.2 cm³/mol. The Bertz CT molecular complexity index is 464. The highest BCUT2D eigenvalue weighted by atomic mass is 79.9. The monoisotopic (exact) mass is 268 g/mol. The Labute approximate surface area is 94.8 Å². The van der Waals surface area contributed by atoms with Gasteiger partial charge in [0, 0.05) is 17.2 Å². The van der Waals surface area contributed by atoms with Crippen molar-refractivity contribution in [1.29, 1.82) is 0 Å². The summed E-state index contributed by atoms with van der Waals surface area (Å²) in [6.07, 6.45) is 1.81. The van der Waals surface area contributed by atoms with Crippen LogP contribution in [-0.2, 0) is 0 Å². The number of pyridine rings is 1. The highest BCUT2D eigenvalue weighted by Gasteiger charge is 2.02. The molecule has 2 nitrogen and oxygen atoms in total. The van der Waals surface area contributed by atoms with Gasteiger partial charge in [0.1, 0.15) is 5.82 Å². The zero-order valence-corrected chi connectivity index (χ0v) is 9.86. The molecule has 14 heavy (non-hydrogen) atoms. The van der Waals surface area contributed by atoms with Crippen molar-refractivity contribution in [1.82, 2.24) is 4.98 Å². The maximum absolute atomic E-state index is 4.29. The maximum Gasteiger partial charge on any atom is 0.144 e. The summed E-state index contributed by atoms with van der Waals surface area (Å²) in [6.45, 7) is 4.47. The van der Waals surface area contributed by atoms with Crippen LogP contribution >= 0.6 is 27.3 Å². The van der Waals surface area contributed by atoms with Crippen molar-refractivity contribution in [2.24, 2.45) is 0 Å². The molecule has 0 aliphatic heterocycles. The first-order valence-corrected chi connectivity index (χ1v) is 5.84. The van der Waals surface area contributed by atoms with Gasteiger partial charge in [0.25, 0.3) is 0 Å². The van der Waals surface area contributed by atoms with Crippen molar-refractivity contribution in [2.45, 2.75) is 0 Å². The number of halogens is 1. The Kier molecular flexibility index (Phi) is 2.84. The van der Waals surface area contributed by atoms with Crippen molar-refractivity contribution in [3.05, 3.63) is 34.8 Å². The van der Waals surface area contributed by atoms with Gasteiger partial charge >= 0.3 is 0 Å². The number of fused-ring (bicyclic) bond motifs is 1. The van der Waals surface area contributed by atoms with E-state index in [0.29, 0.717) is 6.54 Å². The molecular formula is C10H9BrN2S. The average molecular weight is 269 g/mol. The van der Waals surface area contributed by atoms with Gasteiger partial charge in [-0.2, -0.15) is 0 Å². The standard InChI is InChI=1S/C10H9BrN2S/c1-7(11)6-13-10-9-8(2-4-12-10)3-5-14-9/h2-5H,1,6H2,(H,12,13). The van der Waals surface area contributed by atoms with Gasteiger partial charge in [-0.1, -0.05) is 22.5 Å². The van der Waals surface area contributed by atoms with Crippen molar-refractivity contribution >= 4 is 43.2 Å². The van der Waals surface area contributed by atoms with Crippen molar-refractivity contribution in [3.8, 4) is 0 Å². The Morgan fingerprint density at radius 1 is 1.57 bits per heavy atom. The number of hydrogen-bond donors (Lipinski definition) is 1. The van der Waals surface area contributed by atoms with Crippen LogP contribution in [0.3, 0.4) is 0 Å². The summed E-state index contributed by atoms with van der Waals surface area (Å²) < 4.78 is 2.12. The minimum absolute atomic E-state index is 0.698. The molecule has 72 valence electrons. The lowest BCUT2D eigenvalue weighted by Crippen LogP contribution is -2.02. The minimum atomic E-state index is 0.698. The van der Waals surface area contributed by atoms with Gasteiger partial charge in [-0.25, -0.2) is 4.98 Å². The Morgan fingerprint density at radius 2 is 2.43 bits per heavy atom. The van der Waals surface area contributed by atoms with E-state index in [1.54, 1.807) is 11.3 Å². The number of nitrogens with one attached hydrogen (secondary N) is 1. The fourth-order valence-electron chi connectivity index (χ4n) is 1.20. The summed E-state index contributed by atoms with van der Waals surface area (Å²) in [4.78, 5) is 4.29. The normalized spacial score (nSPS) is 10.4. The molecule has 2 aromatic rings. The average Bonchev–Trinajstić information content (AvgIpc) is 2.62. The zero-order valence-electron chi connectivity index (χ0n) is 7.46. The lowest BCUT2D eigenvalue weighted by Gasteiger charge is -2.04. The van der Waals surface area contributed by atoms with Crippen molar-refractivity contribution in [3.63, 3.8) is 0 Å². The molecule has 0 saturated heterocycles. The Morgan fingerprint density at radius 3 is 3.21 bits per heavy atom. The van der Waals surface area contributed by atoms with E-state index < -0.39 is 0 Å². The highest BCUT2D eigenvalue weighted by Crippen LogP contribution is 2.26. The molecule has 0 spiro atoms. The van der Waals surface area contributed by atoms with Crippen LogP contribution in [0.4, 0.5) is 5.82 Å². The molecule has 0 saturated carbocycles. The van der Waals surface area contributed by atoms with Crippen LogP contribution in [0.2, 0.25) is 0 Å². The van der Waals surface area contributed by atoms with Crippen LogP contribution in [0.25, 0.3) is 10.1 Å². The van der Waals surface area contributed by atoms with Crippen LogP contribution in [-0.4, -0.2) is 11.5 Å². The van der Waals surface area contributed by atoms with E-state index in [9.17, 15) is 0 Å². The van der Waals surface area contributed by atoms with E-state index in [-0.39, 0.29) is 0 Å². The molecule has 2 rings (SSSR count). The molecule has 0 bridgehead atoms. The molecule has 0 aliphatic carbocycles. The third-order valence-electron chi connectivity index (χ3n) is 1.82. The van der Waals surface area contributed by atoms with Gasteiger partial charge in [0.15, 0.2) is 0 Å². The van der Waals surface area contributed by atoms with Gasteiger partial charge in [0.2, 0.25) is 0 Å². The van der Waals surface area contributed by atoms with E-state index in [2.05, 4.69) is 44.3 Å². The van der Waals surface area contributed by atoms with E-state index in [0.717, 1.165) is 10.3 Å². The van der Waals surface area contributed by atoms with E-state index >= 15 is 0 Å². The van der Waals surface area contributed by atoms with Crippen LogP contribution < -0.4 is 5.32 Å². The molecular weight excluding hydrogens is 260 g/mol. The number of thiophene rings is 1. The minimum Gasteiger partial charge on any atom is -0.364 e. The third-order valence-corrected chi connectivity index (χ3v) is 3.03. The zero-order chi connectivity index (χ0) is 9.97. The summed E-state index contributed by atoms with van der Waals surface area (Å²) in [6, 6.07) is 4.11. The fourth-order valence-corrected chi connectivity index (χ4v) is 2.20. The van der Waals surface area contributed by atoms with E-state index in [4.69, 9.17) is 0 Å². The molecule has 4 heteroatoms. The largest absolute Gasteiger partial charge is 0.364 e. The number of anilines is 1. The fraction of sp³-hybridized carbons (Fsp3) is 0.100. The number of rotatable bonds is 3. The molecule has 2 aromatic heterocycles.